The molecule has 2 rings (SSSR count). The van der Waals surface area contributed by atoms with Gasteiger partial charge in [-0.2, -0.15) is 5.26 Å². The summed E-state index contributed by atoms with van der Waals surface area (Å²) in [4.78, 5) is 12.9. The number of hydrogen-bond acceptors (Lipinski definition) is 5. The standard InChI is InChI=1S/C24H35NO4Si/c1-18(12-11-15-20-13-9-8-10-14-20)21(26)24(16-25)22(29-24)19(2)27-17-28-30(6,7)23(3,4)5/h8-10,12-14,19,22H,11,15,17H2,1-7H3/b18-12+/t19-,22-,24-/m0/s1. The van der Waals surface area contributed by atoms with Crippen molar-refractivity contribution in [3.05, 3.63) is 47.5 Å². The molecule has 0 spiro atoms. The number of nitriles is 1. The molecule has 0 N–H and O–H groups in total. The molecule has 3 atom stereocenters. The first-order valence-corrected chi connectivity index (χ1v) is 13.5. The molecule has 0 unspecified atom stereocenters. The van der Waals surface area contributed by atoms with Crippen LogP contribution in [-0.2, 0) is 25.1 Å². The number of epoxide rings is 1. The maximum Gasteiger partial charge on any atom is 0.246 e. The highest BCUT2D eigenvalue weighted by Crippen LogP contribution is 2.42. The summed E-state index contributed by atoms with van der Waals surface area (Å²) in [5.41, 5.74) is 0.331. The summed E-state index contributed by atoms with van der Waals surface area (Å²) >= 11 is 0. The molecule has 1 aromatic rings. The van der Waals surface area contributed by atoms with Gasteiger partial charge >= 0.3 is 0 Å². The van der Waals surface area contributed by atoms with Gasteiger partial charge in [-0.1, -0.05) is 57.2 Å². The average Bonchev–Trinajstić information content (AvgIpc) is 3.43. The number of carbonyl (C=O) groups excluding carboxylic acids is 1. The van der Waals surface area contributed by atoms with E-state index in [2.05, 4.69) is 52.1 Å². The van der Waals surface area contributed by atoms with Gasteiger partial charge in [-0.25, -0.2) is 0 Å². The third-order valence-electron chi connectivity index (χ3n) is 6.23. The van der Waals surface area contributed by atoms with Crippen molar-refractivity contribution in [1.82, 2.24) is 0 Å². The maximum atomic E-state index is 12.9. The lowest BCUT2D eigenvalue weighted by Crippen LogP contribution is -2.42. The van der Waals surface area contributed by atoms with E-state index in [0.717, 1.165) is 12.8 Å². The zero-order chi connectivity index (χ0) is 22.6. The minimum atomic E-state index is -1.92. The van der Waals surface area contributed by atoms with Crippen LogP contribution >= 0.6 is 0 Å². The number of ketones is 1. The molecule has 1 saturated heterocycles. The molecule has 0 amide bonds. The third-order valence-corrected chi connectivity index (χ3v) is 10.7. The van der Waals surface area contributed by atoms with Crippen molar-refractivity contribution in [3.8, 4) is 6.07 Å². The largest absolute Gasteiger partial charge is 0.395 e. The van der Waals surface area contributed by atoms with Gasteiger partial charge in [0, 0.05) is 0 Å². The van der Waals surface area contributed by atoms with Crippen molar-refractivity contribution >= 4 is 14.1 Å². The fraction of sp³-hybridized carbons (Fsp3) is 0.583. The highest BCUT2D eigenvalue weighted by molar-refractivity contribution is 6.74. The summed E-state index contributed by atoms with van der Waals surface area (Å²) in [6, 6.07) is 12.2. The lowest BCUT2D eigenvalue weighted by atomic mass is 9.93. The van der Waals surface area contributed by atoms with Crippen LogP contribution in [0.4, 0.5) is 0 Å². The fourth-order valence-electron chi connectivity index (χ4n) is 2.99. The summed E-state index contributed by atoms with van der Waals surface area (Å²) in [7, 11) is -1.92. The SMILES string of the molecule is C/C(=C\CCc1ccccc1)C(=O)[C@]1(C#N)O[C@H]1[C@H](C)OCO[Si](C)(C)C(C)(C)C. The Morgan fingerprint density at radius 3 is 2.53 bits per heavy atom. The van der Waals surface area contributed by atoms with E-state index in [4.69, 9.17) is 13.9 Å². The van der Waals surface area contributed by atoms with Crippen molar-refractivity contribution in [2.45, 2.75) is 83.4 Å². The average molecular weight is 430 g/mol. The van der Waals surface area contributed by atoms with Gasteiger partial charge in [0.1, 0.15) is 19.0 Å². The van der Waals surface area contributed by atoms with Crippen molar-refractivity contribution in [3.63, 3.8) is 0 Å². The number of allylic oxidation sites excluding steroid dienone is 1. The Hall–Kier alpha value is -1.78. The van der Waals surface area contributed by atoms with Gasteiger partial charge in [-0.3, -0.25) is 4.79 Å². The predicted molar refractivity (Wildman–Crippen MR) is 120 cm³/mol. The minimum absolute atomic E-state index is 0.0870. The first kappa shape index (κ1) is 24.5. The van der Waals surface area contributed by atoms with E-state index in [-0.39, 0.29) is 17.6 Å². The molecule has 1 aliphatic heterocycles. The van der Waals surface area contributed by atoms with Crippen LogP contribution in [0.1, 0.15) is 46.6 Å². The van der Waals surface area contributed by atoms with Crippen molar-refractivity contribution in [2.75, 3.05) is 6.79 Å². The Balaban J connectivity index is 1.89. The van der Waals surface area contributed by atoms with E-state index in [9.17, 15) is 10.1 Å². The number of benzene rings is 1. The van der Waals surface area contributed by atoms with Crippen LogP contribution in [0.3, 0.4) is 0 Å². The second-order valence-corrected chi connectivity index (χ2v) is 14.3. The van der Waals surface area contributed by atoms with Crippen LogP contribution in [0.25, 0.3) is 0 Å². The molecule has 0 radical (unpaired) electrons. The van der Waals surface area contributed by atoms with E-state index >= 15 is 0 Å². The number of carbonyl (C=O) groups is 1. The first-order chi connectivity index (χ1) is 13.9. The molecule has 0 saturated carbocycles. The summed E-state index contributed by atoms with van der Waals surface area (Å²) in [5.74, 6) is -0.274. The van der Waals surface area contributed by atoms with Crippen LogP contribution in [0.5, 0.6) is 0 Å². The normalized spacial score (nSPS) is 23.0. The van der Waals surface area contributed by atoms with Gasteiger partial charge in [0.2, 0.25) is 11.4 Å². The molecule has 1 heterocycles. The van der Waals surface area contributed by atoms with E-state index in [1.54, 1.807) is 6.92 Å². The third kappa shape index (κ3) is 5.67. The molecule has 6 heteroatoms. The molecule has 5 nitrogen and oxygen atoms in total. The topological polar surface area (TPSA) is 71.9 Å². The number of ether oxygens (including phenoxy) is 2. The van der Waals surface area contributed by atoms with E-state index in [1.807, 2.05) is 31.2 Å². The van der Waals surface area contributed by atoms with Crippen molar-refractivity contribution < 1.29 is 18.7 Å². The van der Waals surface area contributed by atoms with E-state index in [1.165, 1.54) is 5.56 Å². The van der Waals surface area contributed by atoms with Gasteiger partial charge in [0.25, 0.3) is 0 Å². The van der Waals surface area contributed by atoms with Crippen LogP contribution in [0.2, 0.25) is 18.1 Å². The number of aryl methyl sites for hydroxylation is 1. The van der Waals surface area contributed by atoms with Crippen LogP contribution in [0.15, 0.2) is 42.0 Å². The number of hydrogen-bond donors (Lipinski definition) is 0. The number of nitrogens with zero attached hydrogens (tertiary/aromatic N) is 1. The first-order valence-electron chi connectivity index (χ1n) is 10.5. The van der Waals surface area contributed by atoms with Crippen LogP contribution in [0, 0.1) is 11.3 Å². The number of Topliss-reactive ketones (excluding diaryl/α,β-unsaturated/α-hetero) is 1. The van der Waals surface area contributed by atoms with E-state index in [0.29, 0.717) is 5.57 Å². The quantitative estimate of drug-likeness (QED) is 0.222. The molecule has 30 heavy (non-hydrogen) atoms. The molecule has 1 fully saturated rings. The van der Waals surface area contributed by atoms with Gasteiger partial charge in [0.15, 0.2) is 8.32 Å². The molecule has 1 aliphatic rings. The molecular formula is C24H35NO4Si. The smallest absolute Gasteiger partial charge is 0.246 e. The summed E-state index contributed by atoms with van der Waals surface area (Å²) in [6.07, 6.45) is 2.49. The molecule has 1 aromatic carbocycles. The Kier molecular flexibility index (Phi) is 7.81. The fourth-order valence-corrected chi connectivity index (χ4v) is 3.79. The van der Waals surface area contributed by atoms with Crippen molar-refractivity contribution in [1.29, 1.82) is 5.26 Å². The number of rotatable bonds is 10. The highest BCUT2D eigenvalue weighted by Gasteiger charge is 2.66. The van der Waals surface area contributed by atoms with Gasteiger partial charge < -0.3 is 13.9 Å². The summed E-state index contributed by atoms with van der Waals surface area (Å²) < 4.78 is 17.4. The van der Waals surface area contributed by atoms with Crippen LogP contribution in [-0.4, -0.2) is 38.7 Å². The highest BCUT2D eigenvalue weighted by atomic mass is 28.4. The second-order valence-electron chi connectivity index (χ2n) is 9.52. The van der Waals surface area contributed by atoms with E-state index < -0.39 is 26.1 Å². The molecule has 164 valence electrons. The van der Waals surface area contributed by atoms with Gasteiger partial charge in [0.05, 0.1) is 6.10 Å². The zero-order valence-corrected chi connectivity index (χ0v) is 20.3. The van der Waals surface area contributed by atoms with Gasteiger partial charge in [-0.05, 0) is 56.0 Å². The second kappa shape index (κ2) is 9.57. The molecule has 0 aliphatic carbocycles. The predicted octanol–water partition coefficient (Wildman–Crippen LogP) is 5.18. The van der Waals surface area contributed by atoms with Gasteiger partial charge in [-0.15, -0.1) is 0 Å². The summed E-state index contributed by atoms with van der Waals surface area (Å²) in [6.45, 7) is 14.5. The summed E-state index contributed by atoms with van der Waals surface area (Å²) in [5, 5.41) is 9.74. The Labute approximate surface area is 182 Å². The molecular weight excluding hydrogens is 394 g/mol. The Morgan fingerprint density at radius 1 is 1.33 bits per heavy atom. The zero-order valence-electron chi connectivity index (χ0n) is 19.3. The minimum Gasteiger partial charge on any atom is -0.395 e. The Morgan fingerprint density at radius 2 is 1.97 bits per heavy atom. The van der Waals surface area contributed by atoms with Crippen LogP contribution < -0.4 is 0 Å². The lowest BCUT2D eigenvalue weighted by Gasteiger charge is -2.36. The van der Waals surface area contributed by atoms with Crippen molar-refractivity contribution in [2.24, 2.45) is 0 Å². The maximum absolute atomic E-state index is 12.9. The monoisotopic (exact) mass is 429 g/mol. The lowest BCUT2D eigenvalue weighted by molar-refractivity contribution is -0.118. The Bertz CT molecular complexity index is 807. The molecule has 0 aromatic heterocycles. The molecule has 0 bridgehead atoms.